The molecule has 0 spiro atoms. The van der Waals surface area contributed by atoms with E-state index in [1.807, 2.05) is 0 Å². The van der Waals surface area contributed by atoms with Crippen LogP contribution in [0, 0.1) is 12.7 Å². The molecule has 0 aliphatic carbocycles. The first kappa shape index (κ1) is 22.4. The van der Waals surface area contributed by atoms with Gasteiger partial charge in [0.2, 0.25) is 10.0 Å². The maximum Gasteiger partial charge on any atom is 0.245 e. The van der Waals surface area contributed by atoms with Crippen LogP contribution in [0.3, 0.4) is 0 Å². The van der Waals surface area contributed by atoms with Crippen molar-refractivity contribution in [2.75, 3.05) is 0 Å². The van der Waals surface area contributed by atoms with Gasteiger partial charge in [0, 0.05) is 13.2 Å². The number of rotatable bonds is 3. The maximum absolute atomic E-state index is 14.8. The van der Waals surface area contributed by atoms with Gasteiger partial charge >= 0.3 is 0 Å². The average Bonchev–Trinajstić information content (AvgIpc) is 3.23. The van der Waals surface area contributed by atoms with E-state index in [1.165, 1.54) is 22.6 Å². The molecule has 0 unspecified atom stereocenters. The average molecular weight is 452 g/mol. The van der Waals surface area contributed by atoms with E-state index in [0.29, 0.717) is 15.4 Å². The Morgan fingerprint density at radius 2 is 1.81 bits per heavy atom. The molecule has 3 aromatic rings. The minimum absolute atomic E-state index is 0.0611. The van der Waals surface area contributed by atoms with Gasteiger partial charge in [0.05, 0.1) is 37.6 Å². The monoisotopic (exact) mass is 452 g/mol. The summed E-state index contributed by atoms with van der Waals surface area (Å²) < 4.78 is 44.6. The Labute approximate surface area is 189 Å². The zero-order chi connectivity index (χ0) is 22.9. The lowest BCUT2D eigenvalue weighted by atomic mass is 9.46. The topological polar surface area (TPSA) is 85.4 Å². The van der Waals surface area contributed by atoms with Gasteiger partial charge in [0.25, 0.3) is 0 Å². The molecule has 15 heteroatoms. The van der Waals surface area contributed by atoms with E-state index in [9.17, 15) is 12.8 Å². The quantitative estimate of drug-likeness (QED) is 0.528. The number of sulfonamides is 1. The fraction of sp³-hybridized carbons (Fsp3) is 0.438. The van der Waals surface area contributed by atoms with E-state index in [4.69, 9.17) is 43.0 Å². The highest BCUT2D eigenvalue weighted by Gasteiger charge is 2.51. The molecule has 0 aromatic carbocycles. The van der Waals surface area contributed by atoms with Crippen molar-refractivity contribution in [1.29, 1.82) is 0 Å². The third-order valence-electron chi connectivity index (χ3n) is 5.49. The van der Waals surface area contributed by atoms with Gasteiger partial charge in [-0.25, -0.2) is 26.6 Å². The standard InChI is InChI=1S/C16H14B4ClFN6O2S/c1-8-10(6-27-14(12(8)22)23-7-25-27)9-3-15(17,18)28(16(19,20)4-9)31(29,30)11-5-24-26(2)13(11)21/h5-7,9H,3-4H2,1-2H3. The van der Waals surface area contributed by atoms with Crippen molar-refractivity contribution >= 4 is 58.7 Å². The highest BCUT2D eigenvalue weighted by molar-refractivity contribution is 7.89. The molecule has 4 rings (SSSR count). The van der Waals surface area contributed by atoms with Gasteiger partial charge in [-0.2, -0.15) is 10.2 Å². The number of aromatic nitrogens is 5. The molecule has 0 atom stereocenters. The lowest BCUT2D eigenvalue weighted by Crippen LogP contribution is -2.68. The van der Waals surface area contributed by atoms with Crippen LogP contribution in [0.5, 0.6) is 0 Å². The van der Waals surface area contributed by atoms with Crippen molar-refractivity contribution in [3.8, 4) is 0 Å². The lowest BCUT2D eigenvalue weighted by Gasteiger charge is -2.56. The molecule has 0 saturated carbocycles. The van der Waals surface area contributed by atoms with Crippen molar-refractivity contribution < 1.29 is 12.8 Å². The summed E-state index contributed by atoms with van der Waals surface area (Å²) in [5.41, 5.74) is 0.849. The molecule has 8 radical (unpaired) electrons. The summed E-state index contributed by atoms with van der Waals surface area (Å²) >= 11 is 6.08. The second-order valence-electron chi connectivity index (χ2n) is 7.83. The molecule has 3 aromatic heterocycles. The molecule has 31 heavy (non-hydrogen) atoms. The van der Waals surface area contributed by atoms with Crippen molar-refractivity contribution in [3.05, 3.63) is 40.8 Å². The van der Waals surface area contributed by atoms with Gasteiger partial charge in [-0.1, -0.05) is 11.6 Å². The van der Waals surface area contributed by atoms with Crippen LogP contribution in [0.1, 0.15) is 29.9 Å². The molecule has 0 N–H and O–H groups in total. The minimum Gasteiger partial charge on any atom is -0.256 e. The van der Waals surface area contributed by atoms with Crippen molar-refractivity contribution in [3.63, 3.8) is 0 Å². The molecule has 8 nitrogen and oxygen atoms in total. The first-order valence-corrected chi connectivity index (χ1v) is 11.0. The van der Waals surface area contributed by atoms with Crippen LogP contribution in [-0.4, -0.2) is 79.2 Å². The van der Waals surface area contributed by atoms with Gasteiger partial charge in [-0.05, 0) is 47.5 Å². The van der Waals surface area contributed by atoms with E-state index in [1.54, 1.807) is 13.1 Å². The highest BCUT2D eigenvalue weighted by atomic mass is 35.5. The Bertz CT molecular complexity index is 1280. The van der Waals surface area contributed by atoms with Gasteiger partial charge < -0.3 is 0 Å². The molecule has 1 saturated heterocycles. The van der Waals surface area contributed by atoms with E-state index in [0.717, 1.165) is 6.20 Å². The third-order valence-corrected chi connectivity index (χ3v) is 8.07. The van der Waals surface area contributed by atoms with Crippen LogP contribution in [0.15, 0.2) is 23.6 Å². The van der Waals surface area contributed by atoms with Crippen LogP contribution in [0.4, 0.5) is 4.39 Å². The Balaban J connectivity index is 1.79. The van der Waals surface area contributed by atoms with Crippen molar-refractivity contribution in [1.82, 2.24) is 28.7 Å². The summed E-state index contributed by atoms with van der Waals surface area (Å²) in [5.74, 6) is -1.13. The predicted octanol–water partition coefficient (Wildman–Crippen LogP) is 0.114. The first-order chi connectivity index (χ1) is 14.3. The van der Waals surface area contributed by atoms with Gasteiger partial charge in [-0.15, -0.1) is 0 Å². The van der Waals surface area contributed by atoms with Crippen molar-refractivity contribution in [2.45, 2.75) is 41.3 Å². The summed E-state index contributed by atoms with van der Waals surface area (Å²) in [6.07, 6.45) is 3.68. The zero-order valence-electron chi connectivity index (χ0n) is 16.7. The molecule has 1 aliphatic rings. The molecule has 1 aliphatic heterocycles. The molecular formula is C16H14B4ClFN6O2S. The molecule has 1 fully saturated rings. The molecular weight excluding hydrogens is 438 g/mol. The van der Waals surface area contributed by atoms with E-state index in [-0.39, 0.29) is 28.5 Å². The smallest absolute Gasteiger partial charge is 0.245 e. The zero-order valence-corrected chi connectivity index (χ0v) is 18.3. The minimum atomic E-state index is -4.42. The number of fused-ring (bicyclic) bond motifs is 1. The van der Waals surface area contributed by atoms with Crippen LogP contribution < -0.4 is 0 Å². The van der Waals surface area contributed by atoms with E-state index in [2.05, 4.69) is 15.2 Å². The third kappa shape index (κ3) is 3.43. The fourth-order valence-electron chi connectivity index (χ4n) is 4.19. The summed E-state index contributed by atoms with van der Waals surface area (Å²) in [7, 11) is 22.1. The molecule has 0 amide bonds. The number of nitrogens with zero attached hydrogens (tertiary/aromatic N) is 6. The second-order valence-corrected chi connectivity index (χ2v) is 9.95. The summed E-state index contributed by atoms with van der Waals surface area (Å²) in [5, 5.41) is 3.64. The lowest BCUT2D eigenvalue weighted by molar-refractivity contribution is 0.207. The second kappa shape index (κ2) is 7.11. The van der Waals surface area contributed by atoms with Crippen LogP contribution in [0.2, 0.25) is 5.15 Å². The highest BCUT2D eigenvalue weighted by Crippen LogP contribution is 2.45. The molecule has 4 heterocycles. The van der Waals surface area contributed by atoms with E-state index >= 15 is 0 Å². The predicted molar refractivity (Wildman–Crippen MR) is 115 cm³/mol. The Morgan fingerprint density at radius 3 is 2.35 bits per heavy atom. The molecule has 152 valence electrons. The summed E-state index contributed by atoms with van der Waals surface area (Å²) in [6, 6.07) is 0. The number of pyridine rings is 1. The summed E-state index contributed by atoms with van der Waals surface area (Å²) in [6.45, 7) is 1.57. The van der Waals surface area contributed by atoms with Crippen LogP contribution >= 0.6 is 11.6 Å². The Hall–Kier alpha value is -1.78. The van der Waals surface area contributed by atoms with Gasteiger partial charge in [0.1, 0.15) is 16.4 Å². The number of hydrogen-bond donors (Lipinski definition) is 0. The van der Waals surface area contributed by atoms with Gasteiger partial charge in [0.15, 0.2) is 11.5 Å². The maximum atomic E-state index is 14.8. The SMILES string of the molecule is [B]C1([B])CC(c2cn3ncnc3c(F)c2C)CC([B])([B])N1S(=O)(=O)c1cnn(C)c1Cl. The summed E-state index contributed by atoms with van der Waals surface area (Å²) in [4.78, 5) is 3.55. The van der Waals surface area contributed by atoms with Crippen LogP contribution in [0.25, 0.3) is 5.65 Å². The molecule has 0 bridgehead atoms. The Morgan fingerprint density at radius 1 is 1.19 bits per heavy atom. The first-order valence-electron chi connectivity index (χ1n) is 9.14. The largest absolute Gasteiger partial charge is 0.256 e. The Kier molecular flexibility index (Phi) is 5.14. The number of aryl methyl sites for hydroxylation is 1. The normalized spacial score (nSPS) is 19.7. The number of piperidine rings is 1. The van der Waals surface area contributed by atoms with Crippen molar-refractivity contribution in [2.24, 2.45) is 7.05 Å². The number of halogens is 2. The van der Waals surface area contributed by atoms with Crippen LogP contribution in [-0.2, 0) is 17.1 Å². The van der Waals surface area contributed by atoms with Gasteiger partial charge in [-0.3, -0.25) is 4.68 Å². The van der Waals surface area contributed by atoms with E-state index < -0.39 is 32.4 Å². The fourth-order valence-corrected chi connectivity index (χ4v) is 6.34. The number of hydrogen-bond acceptors (Lipinski definition) is 5.